The van der Waals surface area contributed by atoms with Crippen molar-refractivity contribution in [2.45, 2.75) is 43.9 Å². The maximum atomic E-state index is 13.3. The van der Waals surface area contributed by atoms with Gasteiger partial charge in [-0.25, -0.2) is 0 Å². The van der Waals surface area contributed by atoms with Crippen molar-refractivity contribution in [3.8, 4) is 11.4 Å². The van der Waals surface area contributed by atoms with E-state index in [1.165, 1.54) is 13.2 Å². The number of alkyl halides is 3. The van der Waals surface area contributed by atoms with Gasteiger partial charge in [-0.3, -0.25) is 9.59 Å². The number of carbonyl (C=O) groups excluding carboxylic acids is 2. The number of tetrazole rings is 1. The molecule has 2 aromatic carbocycles. The van der Waals surface area contributed by atoms with E-state index in [-0.39, 0.29) is 36.4 Å². The van der Waals surface area contributed by atoms with E-state index < -0.39 is 17.9 Å². The van der Waals surface area contributed by atoms with Crippen LogP contribution >= 0.6 is 0 Å². The van der Waals surface area contributed by atoms with E-state index in [0.717, 1.165) is 5.56 Å². The van der Waals surface area contributed by atoms with Crippen LogP contribution in [0.4, 0.5) is 13.2 Å². The number of aromatic nitrogens is 4. The Labute approximate surface area is 216 Å². The second kappa shape index (κ2) is 11.6. The fraction of sp³-hybridized carbons (Fsp3) is 0.400. The van der Waals surface area contributed by atoms with Gasteiger partial charge < -0.3 is 20.7 Å². The fourth-order valence-corrected chi connectivity index (χ4v) is 4.66. The topological polar surface area (TPSA) is 128 Å². The first kappa shape index (κ1) is 27.0. The zero-order valence-electron chi connectivity index (χ0n) is 20.7. The summed E-state index contributed by atoms with van der Waals surface area (Å²) in [6, 6.07) is 14.3. The third kappa shape index (κ3) is 6.28. The highest BCUT2D eigenvalue weighted by molar-refractivity contribution is 5.83. The van der Waals surface area contributed by atoms with Crippen molar-refractivity contribution in [3.05, 3.63) is 65.5 Å². The average molecular weight is 532 g/mol. The van der Waals surface area contributed by atoms with Crippen LogP contribution in [0.5, 0.6) is 5.75 Å². The molecule has 10 nitrogen and oxygen atoms in total. The van der Waals surface area contributed by atoms with Gasteiger partial charge in [0.05, 0.1) is 12.8 Å². The highest BCUT2D eigenvalue weighted by Crippen LogP contribution is 2.31. The minimum atomic E-state index is -4.71. The molecule has 1 aromatic heterocycles. The van der Waals surface area contributed by atoms with Crippen LogP contribution < -0.4 is 15.8 Å². The largest absolute Gasteiger partial charge is 0.496 e. The Bertz CT molecular complexity index is 1270. The number of nitrogens with one attached hydrogen (secondary N) is 1. The normalized spacial score (nSPS) is 17.8. The van der Waals surface area contributed by atoms with Gasteiger partial charge in [-0.1, -0.05) is 30.3 Å². The Balaban J connectivity index is 1.54. The molecule has 2 amide bonds. The lowest BCUT2D eigenvalue weighted by Crippen LogP contribution is -2.49. The molecule has 3 N–H and O–H groups in total. The third-order valence-corrected chi connectivity index (χ3v) is 6.56. The van der Waals surface area contributed by atoms with E-state index in [9.17, 15) is 22.8 Å². The Morgan fingerprint density at radius 1 is 1.16 bits per heavy atom. The lowest BCUT2D eigenvalue weighted by Gasteiger charge is -2.39. The molecular formula is C25H28F3N7O3. The smallest absolute Gasteiger partial charge is 0.453 e. The van der Waals surface area contributed by atoms with Crippen molar-refractivity contribution in [3.63, 3.8) is 0 Å². The van der Waals surface area contributed by atoms with Crippen LogP contribution in [0, 0.1) is 0 Å². The van der Waals surface area contributed by atoms with Crippen LogP contribution in [-0.2, 0) is 22.3 Å². The lowest BCUT2D eigenvalue weighted by molar-refractivity contribution is -0.146. The Hall–Kier alpha value is -4.00. The van der Waals surface area contributed by atoms with Crippen molar-refractivity contribution in [1.29, 1.82) is 0 Å². The van der Waals surface area contributed by atoms with E-state index in [1.54, 1.807) is 17.0 Å². The maximum absolute atomic E-state index is 13.3. The second-order valence-corrected chi connectivity index (χ2v) is 9.01. The van der Waals surface area contributed by atoms with Gasteiger partial charge in [0.2, 0.25) is 11.8 Å². The average Bonchev–Trinajstić information content (AvgIpc) is 3.42. The molecule has 2 unspecified atom stereocenters. The van der Waals surface area contributed by atoms with E-state index in [1.807, 2.05) is 30.3 Å². The van der Waals surface area contributed by atoms with Gasteiger partial charge in [0.25, 0.3) is 5.82 Å². The summed E-state index contributed by atoms with van der Waals surface area (Å²) in [6.07, 6.45) is -4.01. The SMILES string of the molecule is COc1ccc(-n2nnnc2C(F)(F)F)cc1CNC1CCN(C(=O)CCC(N)=O)CC1c1ccccc1. The van der Waals surface area contributed by atoms with Crippen LogP contribution in [0.3, 0.4) is 0 Å². The molecule has 13 heteroatoms. The van der Waals surface area contributed by atoms with Crippen molar-refractivity contribution in [1.82, 2.24) is 30.4 Å². The summed E-state index contributed by atoms with van der Waals surface area (Å²) in [6.45, 7) is 1.25. The third-order valence-electron chi connectivity index (χ3n) is 6.56. The van der Waals surface area contributed by atoms with Crippen LogP contribution in [0.25, 0.3) is 5.69 Å². The van der Waals surface area contributed by atoms with Gasteiger partial charge in [-0.15, -0.1) is 5.10 Å². The molecule has 0 spiro atoms. The van der Waals surface area contributed by atoms with E-state index in [0.29, 0.717) is 42.0 Å². The number of piperidine rings is 1. The van der Waals surface area contributed by atoms with Gasteiger partial charge in [-0.05, 0) is 40.6 Å². The van der Waals surface area contributed by atoms with E-state index >= 15 is 0 Å². The molecule has 1 aliphatic rings. The minimum Gasteiger partial charge on any atom is -0.496 e. The number of hydrogen-bond donors (Lipinski definition) is 2. The number of carbonyl (C=O) groups is 2. The number of benzene rings is 2. The highest BCUT2D eigenvalue weighted by Gasteiger charge is 2.38. The molecule has 1 aliphatic heterocycles. The van der Waals surface area contributed by atoms with Crippen molar-refractivity contribution >= 4 is 11.8 Å². The summed E-state index contributed by atoms with van der Waals surface area (Å²) in [4.78, 5) is 25.6. The number of ether oxygens (including phenoxy) is 1. The van der Waals surface area contributed by atoms with Gasteiger partial charge in [0.15, 0.2) is 0 Å². The molecular weight excluding hydrogens is 503 g/mol. The summed E-state index contributed by atoms with van der Waals surface area (Å²) in [5.74, 6) is -1.42. The Kier molecular flexibility index (Phi) is 8.25. The number of primary amides is 1. The van der Waals surface area contributed by atoms with Gasteiger partial charge in [-0.2, -0.15) is 17.9 Å². The number of halogens is 3. The Morgan fingerprint density at radius 2 is 1.92 bits per heavy atom. The quantitative estimate of drug-likeness (QED) is 0.434. The number of likely N-dealkylation sites (tertiary alicyclic amines) is 1. The van der Waals surface area contributed by atoms with Crippen LogP contribution in [0.1, 0.15) is 42.1 Å². The molecule has 0 saturated carbocycles. The maximum Gasteiger partial charge on any atom is 0.453 e. The van der Waals surface area contributed by atoms with Gasteiger partial charge in [0.1, 0.15) is 5.75 Å². The molecule has 38 heavy (non-hydrogen) atoms. The molecule has 2 heterocycles. The molecule has 0 radical (unpaired) electrons. The van der Waals surface area contributed by atoms with Crippen LogP contribution in [0.2, 0.25) is 0 Å². The molecule has 0 bridgehead atoms. The molecule has 2 atom stereocenters. The summed E-state index contributed by atoms with van der Waals surface area (Å²) in [7, 11) is 1.49. The number of amides is 2. The monoisotopic (exact) mass is 531 g/mol. The first-order valence-electron chi connectivity index (χ1n) is 12.0. The predicted molar refractivity (Wildman–Crippen MR) is 130 cm³/mol. The standard InChI is InChI=1S/C25H28F3N7O3/c1-38-21-8-7-18(35-24(25(26,27)28)31-32-33-35)13-17(21)14-30-20-11-12-34(23(37)10-9-22(29)36)15-19(20)16-5-3-2-4-6-16/h2-8,13,19-20,30H,9-12,14-15H2,1H3,(H2,29,36). The molecule has 1 fully saturated rings. The molecule has 202 valence electrons. The first-order valence-corrected chi connectivity index (χ1v) is 12.0. The first-order chi connectivity index (χ1) is 18.2. The van der Waals surface area contributed by atoms with Gasteiger partial charge >= 0.3 is 6.18 Å². The Morgan fingerprint density at radius 3 is 2.61 bits per heavy atom. The zero-order chi connectivity index (χ0) is 27.3. The summed E-state index contributed by atoms with van der Waals surface area (Å²) >= 11 is 0. The van der Waals surface area contributed by atoms with E-state index in [4.69, 9.17) is 10.5 Å². The number of hydrogen-bond acceptors (Lipinski definition) is 7. The molecule has 0 aliphatic carbocycles. The predicted octanol–water partition coefficient (Wildman–Crippen LogP) is 2.43. The van der Waals surface area contributed by atoms with Crippen LogP contribution in [0.15, 0.2) is 48.5 Å². The molecule has 4 rings (SSSR count). The zero-order valence-corrected chi connectivity index (χ0v) is 20.7. The summed E-state index contributed by atoms with van der Waals surface area (Å²) in [5.41, 5.74) is 7.02. The highest BCUT2D eigenvalue weighted by atomic mass is 19.4. The lowest BCUT2D eigenvalue weighted by atomic mass is 9.85. The van der Waals surface area contributed by atoms with Crippen molar-refractivity contribution < 1.29 is 27.5 Å². The number of rotatable bonds is 9. The number of nitrogens with two attached hydrogens (primary N) is 1. The second-order valence-electron chi connectivity index (χ2n) is 9.01. The summed E-state index contributed by atoms with van der Waals surface area (Å²) in [5, 5.41) is 13.3. The van der Waals surface area contributed by atoms with Gasteiger partial charge in [0, 0.05) is 50.0 Å². The summed E-state index contributed by atoms with van der Waals surface area (Å²) < 4.78 is 46.1. The van der Waals surface area contributed by atoms with Crippen molar-refractivity contribution in [2.24, 2.45) is 5.73 Å². The minimum absolute atomic E-state index is 0.000492. The number of nitrogens with zero attached hydrogens (tertiary/aromatic N) is 5. The van der Waals surface area contributed by atoms with E-state index in [2.05, 4.69) is 20.8 Å². The fourth-order valence-electron chi connectivity index (χ4n) is 4.66. The van der Waals surface area contributed by atoms with Crippen molar-refractivity contribution in [2.75, 3.05) is 20.2 Å². The van der Waals surface area contributed by atoms with Crippen LogP contribution in [-0.4, -0.2) is 63.2 Å². The molecule has 1 saturated heterocycles. The number of methoxy groups -OCH3 is 1. The molecule has 3 aromatic rings.